The highest BCUT2D eigenvalue weighted by Crippen LogP contribution is 2.38. The van der Waals surface area contributed by atoms with Crippen molar-refractivity contribution in [3.05, 3.63) is 30.2 Å². The third-order valence-electron chi connectivity index (χ3n) is 4.07. The Kier molecular flexibility index (Phi) is 3.90. The summed E-state index contributed by atoms with van der Waals surface area (Å²) in [5.74, 6) is 2.18. The first-order valence-electron chi connectivity index (χ1n) is 7.34. The highest BCUT2D eigenvalue weighted by Gasteiger charge is 2.29. The average Bonchev–Trinajstić information content (AvgIpc) is 3.06. The minimum Gasteiger partial charge on any atom is -0.339 e. The number of hydrogen-bond acceptors (Lipinski definition) is 5. The Labute approximate surface area is 130 Å². The Hall–Kier alpha value is -1.89. The summed E-state index contributed by atoms with van der Waals surface area (Å²) in [6, 6.07) is 6.93. The molecule has 0 unspecified atom stereocenters. The second-order valence-electron chi connectivity index (χ2n) is 5.92. The first-order chi connectivity index (χ1) is 10.4. The number of nitrogens with zero attached hydrogens (tertiary/aromatic N) is 2. The quantitative estimate of drug-likeness (QED) is 0.935. The molecule has 1 fully saturated rings. The summed E-state index contributed by atoms with van der Waals surface area (Å²) in [6.45, 7) is 2.22. The molecule has 7 heteroatoms. The number of aromatic nitrogens is 2. The largest absolute Gasteiger partial charge is 0.339 e. The molecule has 1 aromatic heterocycles. The number of rotatable bonds is 4. The van der Waals surface area contributed by atoms with Crippen molar-refractivity contribution >= 4 is 15.7 Å². The zero-order valence-electron chi connectivity index (χ0n) is 12.6. The van der Waals surface area contributed by atoms with E-state index < -0.39 is 10.0 Å². The van der Waals surface area contributed by atoms with Crippen LogP contribution in [0.4, 0.5) is 5.69 Å². The van der Waals surface area contributed by atoms with Crippen molar-refractivity contribution in [2.45, 2.75) is 32.1 Å². The van der Waals surface area contributed by atoms with Crippen LogP contribution in [0.1, 0.15) is 38.0 Å². The summed E-state index contributed by atoms with van der Waals surface area (Å²) in [5, 5.41) is 4.04. The second kappa shape index (κ2) is 5.72. The maximum Gasteiger partial charge on any atom is 0.230 e. The number of hydrogen-bond donors (Lipinski definition) is 1. The molecule has 0 amide bonds. The molecular weight excluding hydrogens is 302 g/mol. The monoisotopic (exact) mass is 321 g/mol. The molecule has 1 saturated carbocycles. The van der Waals surface area contributed by atoms with E-state index in [-0.39, 0.29) is 0 Å². The van der Waals surface area contributed by atoms with Crippen LogP contribution in [0, 0.1) is 5.92 Å². The van der Waals surface area contributed by atoms with Crippen molar-refractivity contribution in [1.82, 2.24) is 10.1 Å². The summed E-state index contributed by atoms with van der Waals surface area (Å²) < 4.78 is 30.2. The second-order valence-corrected chi connectivity index (χ2v) is 7.67. The van der Waals surface area contributed by atoms with Gasteiger partial charge in [-0.05, 0) is 43.0 Å². The molecule has 0 aliphatic heterocycles. The van der Waals surface area contributed by atoms with Crippen LogP contribution in [0.3, 0.4) is 0 Å². The van der Waals surface area contributed by atoms with E-state index in [1.165, 1.54) is 12.8 Å². The molecule has 1 aliphatic rings. The number of anilines is 1. The van der Waals surface area contributed by atoms with E-state index in [9.17, 15) is 8.42 Å². The van der Waals surface area contributed by atoms with E-state index in [0.29, 0.717) is 29.2 Å². The maximum atomic E-state index is 11.2. The summed E-state index contributed by atoms with van der Waals surface area (Å²) in [5.41, 5.74) is 1.32. The Balaban J connectivity index is 1.78. The fourth-order valence-corrected chi connectivity index (χ4v) is 3.48. The van der Waals surface area contributed by atoms with E-state index in [0.717, 1.165) is 18.2 Å². The Morgan fingerprint density at radius 3 is 2.55 bits per heavy atom. The Morgan fingerprint density at radius 1 is 1.23 bits per heavy atom. The molecule has 0 bridgehead atoms. The van der Waals surface area contributed by atoms with Crippen molar-refractivity contribution in [3.8, 4) is 11.4 Å². The van der Waals surface area contributed by atoms with Gasteiger partial charge in [-0.15, -0.1) is 0 Å². The van der Waals surface area contributed by atoms with Crippen LogP contribution >= 0.6 is 0 Å². The zero-order chi connectivity index (χ0) is 15.7. The van der Waals surface area contributed by atoms with Crippen LogP contribution in [0.2, 0.25) is 0 Å². The van der Waals surface area contributed by atoms with Gasteiger partial charge in [-0.2, -0.15) is 4.98 Å². The van der Waals surface area contributed by atoms with E-state index in [2.05, 4.69) is 21.8 Å². The van der Waals surface area contributed by atoms with Crippen molar-refractivity contribution < 1.29 is 12.9 Å². The molecule has 118 valence electrons. The summed E-state index contributed by atoms with van der Waals surface area (Å²) in [4.78, 5) is 4.50. The molecular formula is C15H19N3O3S. The lowest BCUT2D eigenvalue weighted by molar-refractivity contribution is 0.331. The molecule has 2 atom stereocenters. The van der Waals surface area contributed by atoms with Gasteiger partial charge in [-0.1, -0.05) is 18.5 Å². The molecule has 1 N–H and O–H groups in total. The summed E-state index contributed by atoms with van der Waals surface area (Å²) in [7, 11) is -3.27. The molecule has 0 radical (unpaired) electrons. The van der Waals surface area contributed by atoms with Crippen LogP contribution in [-0.2, 0) is 10.0 Å². The fourth-order valence-electron chi connectivity index (χ4n) is 2.92. The molecule has 0 saturated heterocycles. The smallest absolute Gasteiger partial charge is 0.230 e. The van der Waals surface area contributed by atoms with Crippen molar-refractivity contribution in [1.29, 1.82) is 0 Å². The summed E-state index contributed by atoms with van der Waals surface area (Å²) >= 11 is 0. The van der Waals surface area contributed by atoms with Gasteiger partial charge in [0.05, 0.1) is 6.26 Å². The Bertz CT molecular complexity index is 753. The molecule has 1 aliphatic carbocycles. The predicted octanol–water partition coefficient (Wildman–Crippen LogP) is 3.01. The molecule has 0 spiro atoms. The standard InChI is InChI=1S/C15H19N3O3S/c1-10-4-3-5-13(10)15-16-14(17-21-15)11-6-8-12(9-7-11)18-22(2,19)20/h6-10,13,18H,3-5H2,1-2H3/t10-,13+/m0/s1. The third-order valence-corrected chi connectivity index (χ3v) is 4.67. The van der Waals surface area contributed by atoms with Crippen LogP contribution in [0.15, 0.2) is 28.8 Å². The number of sulfonamides is 1. The highest BCUT2D eigenvalue weighted by atomic mass is 32.2. The van der Waals surface area contributed by atoms with Crippen molar-refractivity contribution in [2.75, 3.05) is 11.0 Å². The minimum atomic E-state index is -3.27. The SMILES string of the molecule is C[C@H]1CCC[C@H]1c1nc(-c2ccc(NS(C)(=O)=O)cc2)no1. The fraction of sp³-hybridized carbons (Fsp3) is 0.467. The van der Waals surface area contributed by atoms with E-state index >= 15 is 0 Å². The number of benzene rings is 1. The molecule has 6 nitrogen and oxygen atoms in total. The van der Waals surface area contributed by atoms with Crippen LogP contribution in [0.25, 0.3) is 11.4 Å². The van der Waals surface area contributed by atoms with Crippen molar-refractivity contribution in [3.63, 3.8) is 0 Å². The van der Waals surface area contributed by atoms with Gasteiger partial charge in [0.15, 0.2) is 0 Å². The predicted molar refractivity (Wildman–Crippen MR) is 84.0 cm³/mol. The van der Waals surface area contributed by atoms with Gasteiger partial charge in [0.2, 0.25) is 21.7 Å². The van der Waals surface area contributed by atoms with Gasteiger partial charge < -0.3 is 4.52 Å². The maximum absolute atomic E-state index is 11.2. The molecule has 1 heterocycles. The zero-order valence-corrected chi connectivity index (χ0v) is 13.4. The van der Waals surface area contributed by atoms with Gasteiger partial charge in [0.1, 0.15) is 0 Å². The van der Waals surface area contributed by atoms with Crippen LogP contribution in [0.5, 0.6) is 0 Å². The topological polar surface area (TPSA) is 85.1 Å². The molecule has 22 heavy (non-hydrogen) atoms. The van der Waals surface area contributed by atoms with Gasteiger partial charge in [0, 0.05) is 17.2 Å². The lowest BCUT2D eigenvalue weighted by atomic mass is 9.98. The minimum absolute atomic E-state index is 0.354. The van der Waals surface area contributed by atoms with Crippen molar-refractivity contribution in [2.24, 2.45) is 5.92 Å². The van der Waals surface area contributed by atoms with E-state index in [4.69, 9.17) is 4.52 Å². The van der Waals surface area contributed by atoms with Gasteiger partial charge in [-0.3, -0.25) is 4.72 Å². The summed E-state index contributed by atoms with van der Waals surface area (Å²) in [6.07, 6.45) is 4.62. The average molecular weight is 321 g/mol. The third kappa shape index (κ3) is 3.30. The first kappa shape index (κ1) is 15.0. The Morgan fingerprint density at radius 2 is 1.95 bits per heavy atom. The molecule has 3 rings (SSSR count). The van der Waals surface area contributed by atoms with E-state index in [1.54, 1.807) is 24.3 Å². The molecule has 2 aromatic rings. The lowest BCUT2D eigenvalue weighted by Crippen LogP contribution is -2.09. The lowest BCUT2D eigenvalue weighted by Gasteiger charge is -2.08. The van der Waals surface area contributed by atoms with Gasteiger partial charge >= 0.3 is 0 Å². The normalized spacial score (nSPS) is 21.9. The molecule has 1 aromatic carbocycles. The van der Waals surface area contributed by atoms with Crippen LogP contribution in [-0.4, -0.2) is 24.8 Å². The highest BCUT2D eigenvalue weighted by molar-refractivity contribution is 7.92. The van der Waals surface area contributed by atoms with E-state index in [1.807, 2.05) is 0 Å². The van der Waals surface area contributed by atoms with Gasteiger partial charge in [0.25, 0.3) is 0 Å². The van der Waals surface area contributed by atoms with Gasteiger partial charge in [-0.25, -0.2) is 8.42 Å². The van der Waals surface area contributed by atoms with Crippen LogP contribution < -0.4 is 4.72 Å². The first-order valence-corrected chi connectivity index (χ1v) is 9.23. The number of nitrogens with one attached hydrogen (secondary N) is 1.